The molecule has 0 saturated heterocycles. The van der Waals surface area contributed by atoms with Crippen molar-refractivity contribution in [3.63, 3.8) is 0 Å². The third kappa shape index (κ3) is 4.33. The van der Waals surface area contributed by atoms with E-state index in [1.807, 2.05) is 0 Å². The predicted molar refractivity (Wildman–Crippen MR) is 130 cm³/mol. The molecule has 35 heavy (non-hydrogen) atoms. The number of carbonyl (C=O) groups excluding carboxylic acids is 1. The number of aromatic nitrogens is 3. The Balaban J connectivity index is 1.38. The molecular formula is C24H22N6O4S. The third-order valence-corrected chi connectivity index (χ3v) is 8.29. The number of anilines is 3. The van der Waals surface area contributed by atoms with Gasteiger partial charge in [-0.15, -0.1) is 0 Å². The van der Waals surface area contributed by atoms with E-state index in [1.165, 1.54) is 6.07 Å². The summed E-state index contributed by atoms with van der Waals surface area (Å²) in [5.41, 5.74) is 7.59. The number of aryl methyl sites for hydroxylation is 1. The van der Waals surface area contributed by atoms with E-state index in [0.29, 0.717) is 47.2 Å². The van der Waals surface area contributed by atoms with Crippen LogP contribution in [0.1, 0.15) is 24.3 Å². The number of nitrogens with two attached hydrogens (primary N) is 1. The molecule has 0 atom stereocenters. The van der Waals surface area contributed by atoms with Gasteiger partial charge >= 0.3 is 6.03 Å². The minimum absolute atomic E-state index is 0.184. The molecule has 178 valence electrons. The molecule has 5 rings (SSSR count). The number of hydrogen-bond donors (Lipinski definition) is 3. The zero-order chi connectivity index (χ0) is 24.6. The van der Waals surface area contributed by atoms with Gasteiger partial charge in [-0.3, -0.25) is 5.32 Å². The highest BCUT2D eigenvalue weighted by Crippen LogP contribution is 2.54. The summed E-state index contributed by atoms with van der Waals surface area (Å²) in [5.74, 6) is 1.38. The highest BCUT2D eigenvalue weighted by Gasteiger charge is 2.57. The first-order valence-corrected chi connectivity index (χ1v) is 12.3. The molecule has 11 heteroatoms. The molecule has 1 saturated carbocycles. The number of hydrogen-bond acceptors (Lipinski definition) is 8. The third-order valence-electron chi connectivity index (χ3n) is 5.76. The second-order valence-electron chi connectivity index (χ2n) is 8.29. The van der Waals surface area contributed by atoms with Crippen LogP contribution in [-0.4, -0.2) is 29.6 Å². The van der Waals surface area contributed by atoms with Crippen LogP contribution in [0.4, 0.5) is 22.1 Å². The Kier molecular flexibility index (Phi) is 5.48. The highest BCUT2D eigenvalue weighted by atomic mass is 32.2. The van der Waals surface area contributed by atoms with Gasteiger partial charge < -0.3 is 15.6 Å². The molecule has 2 aromatic carbocycles. The van der Waals surface area contributed by atoms with Crippen molar-refractivity contribution in [1.29, 1.82) is 0 Å². The fourth-order valence-electron chi connectivity index (χ4n) is 3.84. The fraction of sp³-hybridized carbons (Fsp3) is 0.167. The molecule has 1 aliphatic carbocycles. The van der Waals surface area contributed by atoms with Gasteiger partial charge in [0.15, 0.2) is 21.5 Å². The Morgan fingerprint density at radius 3 is 2.34 bits per heavy atom. The van der Waals surface area contributed by atoms with E-state index in [9.17, 15) is 13.2 Å². The molecule has 4 N–H and O–H groups in total. The van der Waals surface area contributed by atoms with Crippen molar-refractivity contribution >= 4 is 33.2 Å². The van der Waals surface area contributed by atoms with Gasteiger partial charge in [-0.2, -0.15) is 0 Å². The van der Waals surface area contributed by atoms with E-state index >= 15 is 0 Å². The first kappa shape index (κ1) is 22.5. The minimum atomic E-state index is -3.65. The summed E-state index contributed by atoms with van der Waals surface area (Å²) in [7, 11) is -3.65. The summed E-state index contributed by atoms with van der Waals surface area (Å²) < 4.78 is 30.6. The van der Waals surface area contributed by atoms with Crippen LogP contribution in [0.25, 0.3) is 11.4 Å². The Morgan fingerprint density at radius 1 is 1.00 bits per heavy atom. The van der Waals surface area contributed by atoms with Crippen LogP contribution in [0.5, 0.6) is 0 Å². The topological polar surface area (TPSA) is 153 Å². The number of benzene rings is 2. The van der Waals surface area contributed by atoms with Crippen LogP contribution in [0.3, 0.4) is 0 Å². The van der Waals surface area contributed by atoms with Gasteiger partial charge in [-0.25, -0.2) is 23.2 Å². The summed E-state index contributed by atoms with van der Waals surface area (Å²) in [5, 5.41) is 8.98. The van der Waals surface area contributed by atoms with Crippen molar-refractivity contribution in [3.05, 3.63) is 78.2 Å². The van der Waals surface area contributed by atoms with Crippen molar-refractivity contribution in [1.82, 2.24) is 15.1 Å². The van der Waals surface area contributed by atoms with Gasteiger partial charge in [0.05, 0.1) is 10.6 Å². The van der Waals surface area contributed by atoms with Crippen molar-refractivity contribution in [2.24, 2.45) is 0 Å². The second-order valence-corrected chi connectivity index (χ2v) is 10.6. The zero-order valence-corrected chi connectivity index (χ0v) is 19.5. The quantitative estimate of drug-likeness (QED) is 0.365. The number of nitrogens with zero attached hydrogens (tertiary/aromatic N) is 3. The first-order chi connectivity index (χ1) is 16.8. The van der Waals surface area contributed by atoms with Gasteiger partial charge in [0.1, 0.15) is 16.3 Å². The van der Waals surface area contributed by atoms with Gasteiger partial charge in [0.25, 0.3) is 0 Å². The molecular weight excluding hydrogens is 468 g/mol. The van der Waals surface area contributed by atoms with Gasteiger partial charge in [-0.1, -0.05) is 23.4 Å². The molecule has 1 aliphatic rings. The van der Waals surface area contributed by atoms with Crippen LogP contribution in [0, 0.1) is 6.92 Å². The Morgan fingerprint density at radius 2 is 1.71 bits per heavy atom. The number of urea groups is 1. The van der Waals surface area contributed by atoms with E-state index in [4.69, 9.17) is 10.3 Å². The summed E-state index contributed by atoms with van der Waals surface area (Å²) in [4.78, 5) is 21.3. The fourth-order valence-corrected chi connectivity index (χ4v) is 5.82. The van der Waals surface area contributed by atoms with Crippen molar-refractivity contribution < 1.29 is 17.7 Å². The lowest BCUT2D eigenvalue weighted by molar-refractivity contribution is 0.262. The van der Waals surface area contributed by atoms with Crippen LogP contribution in [0.2, 0.25) is 0 Å². The molecule has 2 amide bonds. The van der Waals surface area contributed by atoms with Gasteiger partial charge in [0.2, 0.25) is 0 Å². The molecule has 0 bridgehead atoms. The maximum absolute atomic E-state index is 13.4. The summed E-state index contributed by atoms with van der Waals surface area (Å²) in [6.07, 6.45) is 0.923. The predicted octanol–water partition coefficient (Wildman–Crippen LogP) is 4.13. The highest BCUT2D eigenvalue weighted by molar-refractivity contribution is 7.92. The summed E-state index contributed by atoms with van der Waals surface area (Å²) in [6, 6.07) is 17.8. The molecule has 2 aromatic heterocycles. The molecule has 10 nitrogen and oxygen atoms in total. The van der Waals surface area contributed by atoms with Crippen LogP contribution < -0.4 is 16.4 Å². The number of nitrogens with one attached hydrogen (secondary N) is 2. The van der Waals surface area contributed by atoms with Crippen LogP contribution >= 0.6 is 0 Å². The summed E-state index contributed by atoms with van der Waals surface area (Å²) in [6.45, 7) is 1.72. The van der Waals surface area contributed by atoms with Crippen molar-refractivity contribution in [2.45, 2.75) is 29.4 Å². The lowest BCUT2D eigenvalue weighted by atomic mass is 10.1. The number of amides is 2. The first-order valence-electron chi connectivity index (χ1n) is 10.8. The van der Waals surface area contributed by atoms with Crippen molar-refractivity contribution in [2.75, 3.05) is 16.4 Å². The lowest BCUT2D eigenvalue weighted by Crippen LogP contribution is -2.23. The number of rotatable bonds is 6. The monoisotopic (exact) mass is 490 g/mol. The maximum Gasteiger partial charge on any atom is 0.324 e. The minimum Gasteiger partial charge on any atom is -0.384 e. The molecule has 4 aromatic rings. The number of nitrogen functional groups attached to an aromatic ring is 1. The largest absolute Gasteiger partial charge is 0.384 e. The SMILES string of the molecule is Cc1cc(NC(=O)Nc2ccc(-c3nc(N)cc(C4(S(=O)(=O)c5ccccc5)CC4)n3)cc2)no1. The van der Waals surface area contributed by atoms with E-state index in [1.54, 1.807) is 67.6 Å². The number of carbonyl (C=O) groups is 1. The molecule has 0 radical (unpaired) electrons. The molecule has 1 fully saturated rings. The second kappa shape index (κ2) is 8.51. The van der Waals surface area contributed by atoms with Crippen molar-refractivity contribution in [3.8, 4) is 11.4 Å². The molecule has 2 heterocycles. The molecule has 0 unspecified atom stereocenters. The molecule has 0 aliphatic heterocycles. The average molecular weight is 491 g/mol. The van der Waals surface area contributed by atoms with E-state index in [0.717, 1.165) is 0 Å². The Bertz CT molecular complexity index is 1500. The molecule has 0 spiro atoms. The smallest absolute Gasteiger partial charge is 0.324 e. The lowest BCUT2D eigenvalue weighted by Gasteiger charge is -2.17. The maximum atomic E-state index is 13.4. The number of sulfone groups is 1. The standard InChI is InChI=1S/C24H22N6O4S/c1-15-13-21(30-34-15)29-23(31)26-17-9-7-16(8-10-17)22-27-19(14-20(25)28-22)24(11-12-24)35(32,33)18-5-3-2-4-6-18/h2-10,13-14H,11-12H2,1H3,(H2,25,27,28)(H2,26,29,30,31). The Hall–Kier alpha value is -4.25. The van der Waals surface area contributed by atoms with Gasteiger partial charge in [0, 0.05) is 23.4 Å². The average Bonchev–Trinajstić information content (AvgIpc) is 3.57. The van der Waals surface area contributed by atoms with E-state index in [-0.39, 0.29) is 10.7 Å². The van der Waals surface area contributed by atoms with E-state index < -0.39 is 20.6 Å². The zero-order valence-electron chi connectivity index (χ0n) is 18.7. The Labute approximate surface area is 201 Å². The normalized spacial score (nSPS) is 14.3. The summed E-state index contributed by atoms with van der Waals surface area (Å²) >= 11 is 0. The van der Waals surface area contributed by atoms with Gasteiger partial charge in [-0.05, 0) is 56.2 Å². The van der Waals surface area contributed by atoms with Crippen LogP contribution in [0.15, 0.2) is 76.1 Å². The van der Waals surface area contributed by atoms with E-state index in [2.05, 4.69) is 25.8 Å². The van der Waals surface area contributed by atoms with Crippen LogP contribution in [-0.2, 0) is 14.6 Å².